The van der Waals surface area contributed by atoms with Crippen molar-refractivity contribution in [2.24, 2.45) is 0 Å². The van der Waals surface area contributed by atoms with Gasteiger partial charge < -0.3 is 10.6 Å². The van der Waals surface area contributed by atoms with Crippen LogP contribution >= 0.6 is 23.2 Å². The fraction of sp³-hybridized carbons (Fsp3) is 0.269. The Kier molecular flexibility index (Phi) is 8.59. The Bertz CT molecular complexity index is 1210. The van der Waals surface area contributed by atoms with Crippen LogP contribution in [0.15, 0.2) is 54.6 Å². The molecule has 3 aromatic rings. The van der Waals surface area contributed by atoms with E-state index in [0.717, 1.165) is 11.3 Å². The van der Waals surface area contributed by atoms with Crippen molar-refractivity contribution in [3.8, 4) is 0 Å². The number of amides is 2. The minimum atomic E-state index is -0.468. The summed E-state index contributed by atoms with van der Waals surface area (Å²) >= 11 is 12.5. The maximum Gasteiger partial charge on any atom is 0.326 e. The Balaban J connectivity index is 2.11. The maximum absolute atomic E-state index is 13.8. The van der Waals surface area contributed by atoms with Crippen molar-refractivity contribution < 1.29 is 9.72 Å². The van der Waals surface area contributed by atoms with Gasteiger partial charge in [0.1, 0.15) is 0 Å². The average Bonchev–Trinajstić information content (AvgIpc) is 2.84. The van der Waals surface area contributed by atoms with Gasteiger partial charge in [-0.2, -0.15) is 0 Å². The zero-order valence-corrected chi connectivity index (χ0v) is 21.6. The smallest absolute Gasteiger partial charge is 0.326 e. The minimum Gasteiger partial charge on any atom is -0.388 e. The molecule has 0 saturated carbocycles. The normalized spacial score (nSPS) is 11.6. The van der Waals surface area contributed by atoms with Crippen molar-refractivity contribution in [2.75, 3.05) is 22.6 Å². The van der Waals surface area contributed by atoms with Crippen LogP contribution in [0.3, 0.4) is 0 Å². The third-order valence-corrected chi connectivity index (χ3v) is 6.58. The fourth-order valence-electron chi connectivity index (χ4n) is 4.10. The van der Waals surface area contributed by atoms with Gasteiger partial charge in [0.05, 0.1) is 27.2 Å². The number of hydrogen-bond acceptors (Lipinski definition) is 4. The van der Waals surface area contributed by atoms with Gasteiger partial charge in [0.2, 0.25) is 0 Å². The van der Waals surface area contributed by atoms with Crippen LogP contribution in [0.5, 0.6) is 0 Å². The Morgan fingerprint density at radius 2 is 1.63 bits per heavy atom. The van der Waals surface area contributed by atoms with Gasteiger partial charge in [-0.15, -0.1) is 0 Å². The molecule has 3 aromatic carbocycles. The fourth-order valence-corrected chi connectivity index (χ4v) is 4.56. The third kappa shape index (κ3) is 5.69. The predicted molar refractivity (Wildman–Crippen MR) is 144 cm³/mol. The lowest BCUT2D eigenvalue weighted by Crippen LogP contribution is -2.37. The van der Waals surface area contributed by atoms with Gasteiger partial charge in [-0.3, -0.25) is 15.0 Å². The first-order valence-corrected chi connectivity index (χ1v) is 12.1. The number of anilines is 3. The molecule has 0 unspecified atom stereocenters. The quantitative estimate of drug-likeness (QED) is 0.236. The average molecular weight is 515 g/mol. The van der Waals surface area contributed by atoms with Crippen molar-refractivity contribution in [3.63, 3.8) is 0 Å². The van der Waals surface area contributed by atoms with Gasteiger partial charge in [0.25, 0.3) is 5.69 Å². The minimum absolute atomic E-state index is 0.110. The van der Waals surface area contributed by atoms with Crippen molar-refractivity contribution in [3.05, 3.63) is 91.4 Å². The van der Waals surface area contributed by atoms with Gasteiger partial charge in [-0.05, 0) is 67.3 Å². The molecule has 0 heterocycles. The zero-order chi connectivity index (χ0) is 25.7. The highest BCUT2D eigenvalue weighted by atomic mass is 35.5. The summed E-state index contributed by atoms with van der Waals surface area (Å²) in [6.45, 7) is 5.62. The number of urea groups is 1. The summed E-state index contributed by atoms with van der Waals surface area (Å²) < 4.78 is 0. The maximum atomic E-state index is 13.8. The molecule has 0 radical (unpaired) electrons. The third-order valence-electron chi connectivity index (χ3n) is 5.99. The molecule has 0 aromatic heterocycles. The van der Waals surface area contributed by atoms with E-state index in [4.69, 9.17) is 23.2 Å². The number of halogens is 2. The Hall–Kier alpha value is -3.29. The number of benzene rings is 3. The van der Waals surface area contributed by atoms with Crippen LogP contribution in [0.25, 0.3) is 0 Å². The van der Waals surface area contributed by atoms with E-state index in [1.807, 2.05) is 64.2 Å². The second kappa shape index (κ2) is 11.4. The lowest BCUT2D eigenvalue weighted by Gasteiger charge is -2.31. The van der Waals surface area contributed by atoms with E-state index < -0.39 is 11.0 Å². The van der Waals surface area contributed by atoms with Crippen molar-refractivity contribution >= 4 is 52.0 Å². The first-order chi connectivity index (χ1) is 16.7. The van der Waals surface area contributed by atoms with Gasteiger partial charge in [-0.1, -0.05) is 49.2 Å². The highest BCUT2D eigenvalue weighted by molar-refractivity contribution is 6.32. The largest absolute Gasteiger partial charge is 0.388 e. The molecule has 2 amide bonds. The number of nitro benzene ring substituents is 1. The van der Waals surface area contributed by atoms with Gasteiger partial charge >= 0.3 is 6.03 Å². The van der Waals surface area contributed by atoms with Crippen LogP contribution in [0, 0.1) is 10.1 Å². The van der Waals surface area contributed by atoms with E-state index in [1.165, 1.54) is 6.07 Å². The van der Waals surface area contributed by atoms with E-state index in [1.54, 1.807) is 17.0 Å². The Morgan fingerprint density at radius 1 is 1.03 bits per heavy atom. The van der Waals surface area contributed by atoms with E-state index in [0.29, 0.717) is 40.4 Å². The topological polar surface area (TPSA) is 87.5 Å². The summed E-state index contributed by atoms with van der Waals surface area (Å²) in [7, 11) is 1.82. The van der Waals surface area contributed by atoms with Crippen LogP contribution in [0.1, 0.15) is 43.5 Å². The molecule has 1 atom stereocenters. The summed E-state index contributed by atoms with van der Waals surface area (Å²) in [4.78, 5) is 26.7. The first kappa shape index (κ1) is 26.3. The molecule has 0 spiro atoms. The summed E-state index contributed by atoms with van der Waals surface area (Å²) in [6.07, 6.45) is 0.864. The van der Waals surface area contributed by atoms with Crippen molar-refractivity contribution in [1.29, 1.82) is 0 Å². The van der Waals surface area contributed by atoms with Crippen molar-refractivity contribution in [1.82, 2.24) is 0 Å². The number of hydrogen-bond donors (Lipinski definition) is 2. The highest BCUT2D eigenvalue weighted by Crippen LogP contribution is 2.38. The van der Waals surface area contributed by atoms with Gasteiger partial charge in [0.15, 0.2) is 0 Å². The first-order valence-electron chi connectivity index (χ1n) is 11.3. The van der Waals surface area contributed by atoms with Crippen molar-refractivity contribution in [2.45, 2.75) is 39.7 Å². The monoisotopic (exact) mass is 514 g/mol. The summed E-state index contributed by atoms with van der Waals surface area (Å²) in [5.41, 5.74) is 3.82. The van der Waals surface area contributed by atoms with Crippen LogP contribution in [0.4, 0.5) is 27.5 Å². The zero-order valence-electron chi connectivity index (χ0n) is 20.1. The number of carbonyl (C=O) groups excluding carboxylic acids is 1. The van der Waals surface area contributed by atoms with Crippen LogP contribution in [-0.4, -0.2) is 18.0 Å². The molecule has 3 rings (SSSR count). The molecule has 0 aliphatic heterocycles. The molecule has 0 fully saturated rings. The molecule has 9 heteroatoms. The highest BCUT2D eigenvalue weighted by Gasteiger charge is 2.28. The number of nitrogens with zero attached hydrogens (tertiary/aromatic N) is 2. The standard InChI is InChI=1S/C26H28Cl2N4O3/c1-5-21-23(28)15-24(32(34)35)22(6-2)25(21)30-26(33)31(20-13-11-19(29-4)12-14-20)16(3)17-7-9-18(27)10-8-17/h7-16,29H,5-6H2,1-4H3,(H,30,33)/t16-/m0/s1. The molecular weight excluding hydrogens is 487 g/mol. The van der Waals surface area contributed by atoms with Crippen LogP contribution < -0.4 is 15.5 Å². The summed E-state index contributed by atoms with van der Waals surface area (Å²) in [6, 6.07) is 15.3. The number of rotatable bonds is 8. The number of carbonyl (C=O) groups is 1. The SMILES string of the molecule is CCc1c(Cl)cc([N+](=O)[O-])c(CC)c1NC(=O)N(c1ccc(NC)cc1)[C@@H](C)c1ccc(Cl)cc1. The predicted octanol–water partition coefficient (Wildman–Crippen LogP) is 7.87. The van der Waals surface area contributed by atoms with E-state index in [-0.39, 0.29) is 16.8 Å². The van der Waals surface area contributed by atoms with Gasteiger partial charge in [0, 0.05) is 29.5 Å². The molecule has 0 aliphatic rings. The second-order valence-corrected chi connectivity index (χ2v) is 8.84. The lowest BCUT2D eigenvalue weighted by molar-refractivity contribution is -0.385. The van der Waals surface area contributed by atoms with E-state index >= 15 is 0 Å². The molecule has 7 nitrogen and oxygen atoms in total. The molecule has 0 aliphatic carbocycles. The summed E-state index contributed by atoms with van der Waals surface area (Å²) in [5.74, 6) is 0. The molecule has 0 saturated heterocycles. The molecule has 184 valence electrons. The van der Waals surface area contributed by atoms with E-state index in [9.17, 15) is 14.9 Å². The second-order valence-electron chi connectivity index (χ2n) is 8.00. The van der Waals surface area contributed by atoms with Gasteiger partial charge in [-0.25, -0.2) is 4.79 Å². The Labute approximate surface area is 215 Å². The van der Waals surface area contributed by atoms with Crippen LogP contribution in [0.2, 0.25) is 10.0 Å². The molecule has 2 N–H and O–H groups in total. The molecular formula is C26H28Cl2N4O3. The molecule has 35 heavy (non-hydrogen) atoms. The summed E-state index contributed by atoms with van der Waals surface area (Å²) in [5, 5.41) is 18.6. The molecule has 0 bridgehead atoms. The number of nitro groups is 1. The Morgan fingerprint density at radius 3 is 2.14 bits per heavy atom. The lowest BCUT2D eigenvalue weighted by atomic mass is 10.0. The van der Waals surface area contributed by atoms with Crippen LogP contribution in [-0.2, 0) is 12.8 Å². The number of nitrogens with one attached hydrogen (secondary N) is 2. The van der Waals surface area contributed by atoms with E-state index in [2.05, 4.69) is 10.6 Å².